The molecule has 3 aromatic heterocycles. The first kappa shape index (κ1) is 14.6. The topological polar surface area (TPSA) is 77.0 Å². The van der Waals surface area contributed by atoms with Gasteiger partial charge in [-0.2, -0.15) is 4.98 Å². The van der Waals surface area contributed by atoms with Crippen LogP contribution in [0.25, 0.3) is 11.5 Å². The Labute approximate surface area is 138 Å². The molecular weight excluding hydrogens is 306 g/mol. The van der Waals surface area contributed by atoms with Gasteiger partial charge in [0.25, 0.3) is 5.91 Å². The van der Waals surface area contributed by atoms with E-state index in [1.54, 1.807) is 23.2 Å². The Morgan fingerprint density at radius 3 is 2.96 bits per heavy atom. The van der Waals surface area contributed by atoms with Crippen LogP contribution in [0.15, 0.2) is 47.2 Å². The van der Waals surface area contributed by atoms with E-state index in [0.717, 1.165) is 12.1 Å². The summed E-state index contributed by atoms with van der Waals surface area (Å²) in [5.74, 6) is 1.17. The van der Waals surface area contributed by atoms with E-state index >= 15 is 0 Å². The van der Waals surface area contributed by atoms with Gasteiger partial charge in [-0.1, -0.05) is 11.2 Å². The number of aryl methyl sites for hydroxylation is 1. The van der Waals surface area contributed by atoms with Crippen LogP contribution in [-0.2, 0) is 7.05 Å². The first-order valence-electron chi connectivity index (χ1n) is 7.88. The number of carbonyl (C=O) groups excluding carboxylic acids is 1. The van der Waals surface area contributed by atoms with Crippen LogP contribution in [0.3, 0.4) is 0 Å². The lowest BCUT2D eigenvalue weighted by molar-refractivity contribution is 0.0784. The fourth-order valence-corrected chi connectivity index (χ4v) is 3.00. The van der Waals surface area contributed by atoms with Gasteiger partial charge in [0.15, 0.2) is 0 Å². The summed E-state index contributed by atoms with van der Waals surface area (Å²) in [4.78, 5) is 22.9. The van der Waals surface area contributed by atoms with E-state index in [9.17, 15) is 4.79 Å². The highest BCUT2D eigenvalue weighted by molar-refractivity contribution is 5.92. The van der Waals surface area contributed by atoms with E-state index in [1.165, 1.54) is 0 Å². The molecule has 3 aromatic rings. The van der Waals surface area contributed by atoms with Gasteiger partial charge >= 0.3 is 0 Å². The number of pyridine rings is 1. The largest absolute Gasteiger partial charge is 0.348 e. The second kappa shape index (κ2) is 5.92. The van der Waals surface area contributed by atoms with Crippen molar-refractivity contribution in [1.29, 1.82) is 0 Å². The lowest BCUT2D eigenvalue weighted by Gasteiger charge is -2.14. The zero-order valence-corrected chi connectivity index (χ0v) is 13.3. The van der Waals surface area contributed by atoms with Crippen molar-refractivity contribution < 1.29 is 9.32 Å². The summed E-state index contributed by atoms with van der Waals surface area (Å²) in [6, 6.07) is 9.23. The third-order valence-corrected chi connectivity index (χ3v) is 4.32. The van der Waals surface area contributed by atoms with Gasteiger partial charge in [0, 0.05) is 32.5 Å². The summed E-state index contributed by atoms with van der Waals surface area (Å²) in [5, 5.41) is 4.07. The van der Waals surface area contributed by atoms with Gasteiger partial charge in [-0.3, -0.25) is 9.78 Å². The highest BCUT2D eigenvalue weighted by Crippen LogP contribution is 2.28. The monoisotopic (exact) mass is 323 g/mol. The van der Waals surface area contributed by atoms with Crippen LogP contribution in [0.4, 0.5) is 0 Å². The molecule has 0 bridgehead atoms. The second-order valence-electron chi connectivity index (χ2n) is 5.91. The highest BCUT2D eigenvalue weighted by Gasteiger charge is 2.32. The Kier molecular flexibility index (Phi) is 3.60. The van der Waals surface area contributed by atoms with E-state index in [1.807, 2.05) is 36.0 Å². The van der Waals surface area contributed by atoms with Crippen LogP contribution in [0.1, 0.15) is 28.7 Å². The van der Waals surface area contributed by atoms with Gasteiger partial charge in [0.05, 0.1) is 11.6 Å². The summed E-state index contributed by atoms with van der Waals surface area (Å²) in [5.41, 5.74) is 1.37. The fourth-order valence-electron chi connectivity index (χ4n) is 3.00. The number of rotatable bonds is 3. The van der Waals surface area contributed by atoms with E-state index in [-0.39, 0.29) is 11.8 Å². The van der Waals surface area contributed by atoms with E-state index in [4.69, 9.17) is 4.52 Å². The minimum Gasteiger partial charge on any atom is -0.348 e. The molecule has 24 heavy (non-hydrogen) atoms. The molecule has 0 aromatic carbocycles. The number of hydrogen-bond acceptors (Lipinski definition) is 5. The van der Waals surface area contributed by atoms with Gasteiger partial charge < -0.3 is 14.0 Å². The number of nitrogens with zero attached hydrogens (tertiary/aromatic N) is 5. The fraction of sp³-hybridized carbons (Fsp3) is 0.294. The average Bonchev–Trinajstić information content (AvgIpc) is 3.34. The molecule has 1 atom stereocenters. The maximum Gasteiger partial charge on any atom is 0.272 e. The van der Waals surface area contributed by atoms with Crippen LogP contribution < -0.4 is 0 Å². The molecule has 1 aliphatic rings. The zero-order chi connectivity index (χ0) is 16.5. The molecule has 1 fully saturated rings. The maximum absolute atomic E-state index is 12.5. The molecule has 4 heterocycles. The molecular formula is C17H17N5O2. The van der Waals surface area contributed by atoms with Crippen molar-refractivity contribution in [3.63, 3.8) is 0 Å². The van der Waals surface area contributed by atoms with Gasteiger partial charge in [0.1, 0.15) is 5.69 Å². The third kappa shape index (κ3) is 2.58. The van der Waals surface area contributed by atoms with Gasteiger partial charge in [-0.15, -0.1) is 0 Å². The van der Waals surface area contributed by atoms with Crippen molar-refractivity contribution in [3.05, 3.63) is 54.3 Å². The molecule has 1 aliphatic heterocycles. The Morgan fingerprint density at radius 2 is 2.21 bits per heavy atom. The molecule has 0 N–H and O–H groups in total. The SMILES string of the molecule is Cn1cccc1-c1noc(C2CCN(C(=O)c3ccccn3)C2)n1. The lowest BCUT2D eigenvalue weighted by atomic mass is 10.1. The van der Waals surface area contributed by atoms with E-state index < -0.39 is 0 Å². The summed E-state index contributed by atoms with van der Waals surface area (Å²) < 4.78 is 7.38. The highest BCUT2D eigenvalue weighted by atomic mass is 16.5. The number of aromatic nitrogens is 4. The summed E-state index contributed by atoms with van der Waals surface area (Å²) in [6.45, 7) is 1.24. The van der Waals surface area contributed by atoms with Crippen molar-refractivity contribution in [3.8, 4) is 11.5 Å². The minimum absolute atomic E-state index is 0.0553. The van der Waals surface area contributed by atoms with Crippen molar-refractivity contribution in [1.82, 2.24) is 24.6 Å². The number of carbonyl (C=O) groups is 1. The first-order chi connectivity index (χ1) is 11.7. The molecule has 0 spiro atoms. The Balaban J connectivity index is 1.49. The van der Waals surface area contributed by atoms with E-state index in [0.29, 0.717) is 30.5 Å². The molecule has 0 radical (unpaired) electrons. The smallest absolute Gasteiger partial charge is 0.272 e. The van der Waals surface area contributed by atoms with Crippen LogP contribution in [-0.4, -0.2) is 43.6 Å². The molecule has 0 saturated carbocycles. The molecule has 1 amide bonds. The summed E-state index contributed by atoms with van der Waals surface area (Å²) in [6.07, 6.45) is 4.38. The average molecular weight is 323 g/mol. The third-order valence-electron chi connectivity index (χ3n) is 4.32. The standard InChI is InChI=1S/C17H17N5O2/c1-21-9-4-6-14(21)15-19-16(24-20-15)12-7-10-22(11-12)17(23)13-5-2-3-8-18-13/h2-6,8-9,12H,7,10-11H2,1H3. The zero-order valence-electron chi connectivity index (χ0n) is 13.3. The van der Waals surface area contributed by atoms with Crippen molar-refractivity contribution in [2.75, 3.05) is 13.1 Å². The molecule has 4 rings (SSSR count). The molecule has 1 saturated heterocycles. The van der Waals surface area contributed by atoms with Crippen molar-refractivity contribution >= 4 is 5.91 Å². The lowest BCUT2D eigenvalue weighted by Crippen LogP contribution is -2.29. The van der Waals surface area contributed by atoms with Crippen LogP contribution in [0.5, 0.6) is 0 Å². The normalized spacial score (nSPS) is 17.4. The quantitative estimate of drug-likeness (QED) is 0.737. The van der Waals surface area contributed by atoms with Crippen molar-refractivity contribution in [2.45, 2.75) is 12.3 Å². The maximum atomic E-state index is 12.5. The second-order valence-corrected chi connectivity index (χ2v) is 5.91. The predicted molar refractivity (Wildman–Crippen MR) is 86.2 cm³/mol. The Hall–Kier alpha value is -2.96. The van der Waals surface area contributed by atoms with Crippen LogP contribution in [0.2, 0.25) is 0 Å². The molecule has 1 unspecified atom stereocenters. The molecule has 122 valence electrons. The van der Waals surface area contributed by atoms with Gasteiger partial charge in [-0.05, 0) is 30.7 Å². The molecule has 0 aliphatic carbocycles. The van der Waals surface area contributed by atoms with Gasteiger partial charge in [-0.25, -0.2) is 0 Å². The Bertz CT molecular complexity index is 855. The summed E-state index contributed by atoms with van der Waals surface area (Å²) in [7, 11) is 1.94. The number of amides is 1. The van der Waals surface area contributed by atoms with Crippen molar-refractivity contribution in [2.24, 2.45) is 7.05 Å². The minimum atomic E-state index is -0.0553. The first-order valence-corrected chi connectivity index (χ1v) is 7.88. The van der Waals surface area contributed by atoms with Crippen LogP contribution >= 0.6 is 0 Å². The Morgan fingerprint density at radius 1 is 1.29 bits per heavy atom. The predicted octanol–water partition coefficient (Wildman–Crippen LogP) is 2.10. The van der Waals surface area contributed by atoms with E-state index in [2.05, 4.69) is 15.1 Å². The summed E-state index contributed by atoms with van der Waals surface area (Å²) >= 11 is 0. The molecule has 7 heteroatoms. The number of hydrogen-bond donors (Lipinski definition) is 0. The number of likely N-dealkylation sites (tertiary alicyclic amines) is 1. The van der Waals surface area contributed by atoms with Crippen LogP contribution in [0, 0.1) is 0 Å². The van der Waals surface area contributed by atoms with Gasteiger partial charge in [0.2, 0.25) is 11.7 Å². The molecule has 7 nitrogen and oxygen atoms in total.